The Hall–Kier alpha value is -0.940. The maximum Gasteiger partial charge on any atom is 0.223 e. The summed E-state index contributed by atoms with van der Waals surface area (Å²) >= 11 is 0. The fourth-order valence-electron chi connectivity index (χ4n) is 2.47. The number of hydrogen-bond donors (Lipinski definition) is 1. The van der Waals surface area contributed by atoms with Crippen LogP contribution >= 0.6 is 0 Å². The summed E-state index contributed by atoms with van der Waals surface area (Å²) in [5.41, 5.74) is 0. The number of likely N-dealkylation sites (tertiary alicyclic amines) is 1. The Bertz CT molecular complexity index is 364. The minimum atomic E-state index is 0.570. The molecule has 1 unspecified atom stereocenters. The van der Waals surface area contributed by atoms with Crippen molar-refractivity contribution >= 4 is 0 Å². The summed E-state index contributed by atoms with van der Waals surface area (Å²) in [5.74, 6) is 2.21. The van der Waals surface area contributed by atoms with Gasteiger partial charge in [0.2, 0.25) is 5.89 Å². The van der Waals surface area contributed by atoms with Gasteiger partial charge in [0, 0.05) is 19.5 Å². The summed E-state index contributed by atoms with van der Waals surface area (Å²) in [4.78, 5) is 6.70. The molecule has 102 valence electrons. The van der Waals surface area contributed by atoms with Crippen molar-refractivity contribution in [1.29, 1.82) is 0 Å². The molecule has 5 heteroatoms. The van der Waals surface area contributed by atoms with Crippen LogP contribution in [0.1, 0.15) is 38.4 Å². The molecule has 0 bridgehead atoms. The largest absolute Gasteiger partial charge is 0.340 e. The Balaban J connectivity index is 1.79. The lowest BCUT2D eigenvalue weighted by Gasteiger charge is -2.32. The predicted octanol–water partition coefficient (Wildman–Crippen LogP) is 1.59. The van der Waals surface area contributed by atoms with Crippen molar-refractivity contribution in [2.75, 3.05) is 19.6 Å². The molecule has 1 fully saturated rings. The minimum absolute atomic E-state index is 0.570. The van der Waals surface area contributed by atoms with Crippen molar-refractivity contribution in [3.8, 4) is 0 Å². The van der Waals surface area contributed by atoms with Gasteiger partial charge in [-0.1, -0.05) is 19.0 Å². The number of rotatable bonds is 5. The molecule has 1 aliphatic heterocycles. The fraction of sp³-hybridized carbons (Fsp3) is 0.846. The van der Waals surface area contributed by atoms with E-state index in [9.17, 15) is 0 Å². The molecule has 0 amide bonds. The van der Waals surface area contributed by atoms with Gasteiger partial charge in [-0.15, -0.1) is 0 Å². The standard InChI is InChI=1S/C13H24N4O/c1-10(2)14-7-12-5-4-6-17(8-12)9-13-15-11(3)18-16-13/h10,12,14H,4-9H2,1-3H3. The number of hydrogen-bond acceptors (Lipinski definition) is 5. The molecular formula is C13H24N4O. The van der Waals surface area contributed by atoms with Crippen molar-refractivity contribution in [2.24, 2.45) is 5.92 Å². The second-order valence-electron chi connectivity index (χ2n) is 5.54. The van der Waals surface area contributed by atoms with Gasteiger partial charge in [-0.25, -0.2) is 0 Å². The lowest BCUT2D eigenvalue weighted by Crippen LogP contribution is -2.40. The highest BCUT2D eigenvalue weighted by Crippen LogP contribution is 2.17. The van der Waals surface area contributed by atoms with Gasteiger partial charge in [-0.2, -0.15) is 4.98 Å². The van der Waals surface area contributed by atoms with E-state index in [0.717, 1.165) is 37.9 Å². The van der Waals surface area contributed by atoms with E-state index in [1.165, 1.54) is 12.8 Å². The van der Waals surface area contributed by atoms with Crippen LogP contribution in [0.15, 0.2) is 4.52 Å². The van der Waals surface area contributed by atoms with Crippen LogP contribution in [0.5, 0.6) is 0 Å². The van der Waals surface area contributed by atoms with E-state index in [4.69, 9.17) is 4.52 Å². The Morgan fingerprint density at radius 2 is 2.33 bits per heavy atom. The quantitative estimate of drug-likeness (QED) is 0.862. The summed E-state index contributed by atoms with van der Waals surface area (Å²) in [6, 6.07) is 0.570. The summed E-state index contributed by atoms with van der Waals surface area (Å²) in [6.07, 6.45) is 2.59. The second-order valence-corrected chi connectivity index (χ2v) is 5.54. The molecule has 0 aliphatic carbocycles. The van der Waals surface area contributed by atoms with Gasteiger partial charge in [-0.05, 0) is 31.8 Å². The number of piperidine rings is 1. The van der Waals surface area contributed by atoms with Crippen molar-refractivity contribution in [3.05, 3.63) is 11.7 Å². The van der Waals surface area contributed by atoms with Gasteiger partial charge in [0.1, 0.15) is 0 Å². The second kappa shape index (κ2) is 6.29. The van der Waals surface area contributed by atoms with Gasteiger partial charge in [0.05, 0.1) is 6.54 Å². The normalized spacial score (nSPS) is 21.7. The number of nitrogens with zero attached hydrogens (tertiary/aromatic N) is 3. The van der Waals surface area contributed by atoms with Crippen molar-refractivity contribution in [2.45, 2.75) is 46.2 Å². The van der Waals surface area contributed by atoms with Gasteiger partial charge >= 0.3 is 0 Å². The number of nitrogens with one attached hydrogen (secondary N) is 1. The Kier molecular flexibility index (Phi) is 4.72. The number of aromatic nitrogens is 2. The summed E-state index contributed by atoms with van der Waals surface area (Å²) < 4.78 is 5.01. The lowest BCUT2D eigenvalue weighted by molar-refractivity contribution is 0.159. The Morgan fingerprint density at radius 3 is 3.00 bits per heavy atom. The van der Waals surface area contributed by atoms with Gasteiger partial charge in [-0.3, -0.25) is 4.90 Å². The molecule has 2 heterocycles. The molecule has 18 heavy (non-hydrogen) atoms. The molecule has 1 saturated heterocycles. The van der Waals surface area contributed by atoms with E-state index in [1.54, 1.807) is 0 Å². The SMILES string of the molecule is Cc1nc(CN2CCCC(CNC(C)C)C2)no1. The summed E-state index contributed by atoms with van der Waals surface area (Å²) in [5, 5.41) is 7.49. The topological polar surface area (TPSA) is 54.2 Å². The van der Waals surface area contributed by atoms with Crippen molar-refractivity contribution < 1.29 is 4.52 Å². The van der Waals surface area contributed by atoms with E-state index < -0.39 is 0 Å². The summed E-state index contributed by atoms with van der Waals surface area (Å²) in [7, 11) is 0. The van der Waals surface area contributed by atoms with Crippen LogP contribution in [-0.4, -0.2) is 40.7 Å². The van der Waals surface area contributed by atoms with E-state index in [-0.39, 0.29) is 0 Å². The van der Waals surface area contributed by atoms with Crippen LogP contribution in [0.2, 0.25) is 0 Å². The molecule has 1 atom stereocenters. The Morgan fingerprint density at radius 1 is 1.50 bits per heavy atom. The minimum Gasteiger partial charge on any atom is -0.340 e. The van der Waals surface area contributed by atoms with Gasteiger partial charge in [0.25, 0.3) is 0 Å². The summed E-state index contributed by atoms with van der Waals surface area (Å²) in [6.45, 7) is 10.4. The molecule has 0 spiro atoms. The molecular weight excluding hydrogens is 228 g/mol. The molecule has 0 aromatic carbocycles. The molecule has 5 nitrogen and oxygen atoms in total. The van der Waals surface area contributed by atoms with Crippen LogP contribution in [0.3, 0.4) is 0 Å². The molecule has 1 aliphatic rings. The highest BCUT2D eigenvalue weighted by molar-refractivity contribution is 4.86. The van der Waals surface area contributed by atoms with Gasteiger partial charge < -0.3 is 9.84 Å². The van der Waals surface area contributed by atoms with E-state index in [0.29, 0.717) is 11.9 Å². The lowest BCUT2D eigenvalue weighted by atomic mass is 9.98. The first-order valence-electron chi connectivity index (χ1n) is 6.88. The van der Waals surface area contributed by atoms with E-state index >= 15 is 0 Å². The third-order valence-electron chi connectivity index (χ3n) is 3.35. The Labute approximate surface area is 109 Å². The maximum atomic E-state index is 5.01. The molecule has 0 saturated carbocycles. The first-order valence-corrected chi connectivity index (χ1v) is 6.88. The highest BCUT2D eigenvalue weighted by atomic mass is 16.5. The predicted molar refractivity (Wildman–Crippen MR) is 70.2 cm³/mol. The van der Waals surface area contributed by atoms with Crippen LogP contribution in [0.25, 0.3) is 0 Å². The third kappa shape index (κ3) is 4.07. The van der Waals surface area contributed by atoms with E-state index in [2.05, 4.69) is 34.2 Å². The van der Waals surface area contributed by atoms with E-state index in [1.807, 2.05) is 6.92 Å². The number of aryl methyl sites for hydroxylation is 1. The van der Waals surface area contributed by atoms with Crippen molar-refractivity contribution in [1.82, 2.24) is 20.4 Å². The average Bonchev–Trinajstić information content (AvgIpc) is 2.73. The smallest absolute Gasteiger partial charge is 0.223 e. The zero-order chi connectivity index (χ0) is 13.0. The molecule has 1 N–H and O–H groups in total. The van der Waals surface area contributed by atoms with Crippen LogP contribution < -0.4 is 5.32 Å². The van der Waals surface area contributed by atoms with Crippen LogP contribution in [0.4, 0.5) is 0 Å². The third-order valence-corrected chi connectivity index (χ3v) is 3.35. The average molecular weight is 252 g/mol. The maximum absolute atomic E-state index is 5.01. The highest BCUT2D eigenvalue weighted by Gasteiger charge is 2.21. The van der Waals surface area contributed by atoms with Gasteiger partial charge in [0.15, 0.2) is 5.82 Å². The zero-order valence-electron chi connectivity index (χ0n) is 11.6. The van der Waals surface area contributed by atoms with Crippen LogP contribution in [-0.2, 0) is 6.54 Å². The van der Waals surface area contributed by atoms with Crippen molar-refractivity contribution in [3.63, 3.8) is 0 Å². The monoisotopic (exact) mass is 252 g/mol. The first-order chi connectivity index (χ1) is 8.63. The molecule has 1 aromatic rings. The zero-order valence-corrected chi connectivity index (χ0v) is 11.6. The molecule has 1 aromatic heterocycles. The molecule has 2 rings (SSSR count). The fourth-order valence-corrected chi connectivity index (χ4v) is 2.47. The molecule has 0 radical (unpaired) electrons. The van der Waals surface area contributed by atoms with Crippen LogP contribution in [0, 0.1) is 12.8 Å². The first kappa shape index (κ1) is 13.5.